The number of rotatable bonds is 2. The third-order valence-corrected chi connectivity index (χ3v) is 6.33. The first kappa shape index (κ1) is 19.8. The van der Waals surface area contributed by atoms with Crippen molar-refractivity contribution in [3.05, 3.63) is 80.8 Å². The van der Waals surface area contributed by atoms with Crippen LogP contribution in [0.2, 0.25) is 20.1 Å². The van der Waals surface area contributed by atoms with Crippen molar-refractivity contribution in [3.63, 3.8) is 0 Å². The van der Waals surface area contributed by atoms with Crippen molar-refractivity contribution in [3.8, 4) is 22.8 Å². The summed E-state index contributed by atoms with van der Waals surface area (Å²) < 4.78 is 3.84. The Balaban J connectivity index is 1.75. The average Bonchev–Trinajstić information content (AvgIpc) is 3.39. The number of nitrogens with zero attached hydrogens (tertiary/aromatic N) is 6. The van der Waals surface area contributed by atoms with Gasteiger partial charge < -0.3 is 0 Å². The lowest BCUT2D eigenvalue weighted by molar-refractivity contribution is 1.10. The standard InChI is InChI=1S/C22H10Cl4N6/c23-11-5-7-13(15(25)9-11)19-27-29-21-22-30-28-20(14-8-6-12(24)10-16(14)26)32(22)18-4-2-1-3-17(18)31(19)21/h1-10H. The summed E-state index contributed by atoms with van der Waals surface area (Å²) in [5.74, 6) is 1.16. The number of benzene rings is 3. The molecule has 0 aliphatic carbocycles. The summed E-state index contributed by atoms with van der Waals surface area (Å²) in [6.07, 6.45) is 0. The second-order valence-electron chi connectivity index (χ2n) is 7.10. The first-order valence-electron chi connectivity index (χ1n) is 9.45. The molecule has 3 aromatic heterocycles. The van der Waals surface area contributed by atoms with Crippen LogP contribution in [0.5, 0.6) is 0 Å². The normalized spacial score (nSPS) is 11.8. The zero-order chi connectivity index (χ0) is 22.0. The fraction of sp³-hybridized carbons (Fsp3) is 0. The van der Waals surface area contributed by atoms with E-state index in [0.29, 0.717) is 54.2 Å². The number of aromatic nitrogens is 6. The molecule has 6 aromatic rings. The highest BCUT2D eigenvalue weighted by Gasteiger charge is 2.22. The van der Waals surface area contributed by atoms with Crippen LogP contribution in [0.3, 0.4) is 0 Å². The van der Waals surface area contributed by atoms with Gasteiger partial charge in [0.05, 0.1) is 21.1 Å². The molecular formula is C22H10Cl4N6. The van der Waals surface area contributed by atoms with E-state index >= 15 is 0 Å². The summed E-state index contributed by atoms with van der Waals surface area (Å²) in [6, 6.07) is 18.4. The van der Waals surface area contributed by atoms with Gasteiger partial charge in [-0.3, -0.25) is 8.80 Å². The summed E-state index contributed by atoms with van der Waals surface area (Å²) in [6.45, 7) is 0. The molecule has 3 aromatic carbocycles. The van der Waals surface area contributed by atoms with Crippen molar-refractivity contribution >= 4 is 68.7 Å². The van der Waals surface area contributed by atoms with E-state index in [9.17, 15) is 0 Å². The van der Waals surface area contributed by atoms with Crippen molar-refractivity contribution in [2.75, 3.05) is 0 Å². The van der Waals surface area contributed by atoms with Crippen LogP contribution in [0, 0.1) is 0 Å². The summed E-state index contributed by atoms with van der Waals surface area (Å²) in [5, 5.41) is 19.7. The first-order valence-corrected chi connectivity index (χ1v) is 11.0. The van der Waals surface area contributed by atoms with Crippen LogP contribution in [0.25, 0.3) is 45.1 Å². The molecule has 6 rings (SSSR count). The van der Waals surface area contributed by atoms with Crippen molar-refractivity contribution in [1.82, 2.24) is 29.2 Å². The van der Waals surface area contributed by atoms with Gasteiger partial charge in [-0.15, -0.1) is 20.4 Å². The minimum Gasteiger partial charge on any atom is -0.270 e. The summed E-state index contributed by atoms with van der Waals surface area (Å²) >= 11 is 25.1. The molecule has 3 heterocycles. The maximum absolute atomic E-state index is 6.48. The fourth-order valence-corrected chi connectivity index (χ4v) is 4.83. The molecule has 0 spiro atoms. The van der Waals surface area contributed by atoms with Gasteiger partial charge in [0, 0.05) is 21.2 Å². The third kappa shape index (κ3) is 2.88. The molecule has 6 nitrogen and oxygen atoms in total. The molecule has 0 N–H and O–H groups in total. The Kier molecular flexibility index (Phi) is 4.52. The van der Waals surface area contributed by atoms with E-state index in [1.807, 2.05) is 45.2 Å². The largest absolute Gasteiger partial charge is 0.270 e. The minimum atomic E-state index is 0.478. The summed E-state index contributed by atoms with van der Waals surface area (Å²) in [7, 11) is 0. The predicted molar refractivity (Wildman–Crippen MR) is 128 cm³/mol. The SMILES string of the molecule is Clc1ccc(-c2nnc3c4nnc(-c5ccc(Cl)cc5Cl)n4c4ccccc4n23)c(Cl)c1. The van der Waals surface area contributed by atoms with Crippen LogP contribution in [-0.4, -0.2) is 29.2 Å². The zero-order valence-corrected chi connectivity index (χ0v) is 19.0. The van der Waals surface area contributed by atoms with Crippen LogP contribution < -0.4 is 0 Å². The quantitative estimate of drug-likeness (QED) is 0.260. The zero-order valence-electron chi connectivity index (χ0n) is 16.0. The number of hydrogen-bond acceptors (Lipinski definition) is 4. The maximum Gasteiger partial charge on any atom is 0.207 e. The van der Waals surface area contributed by atoms with Gasteiger partial charge in [-0.2, -0.15) is 0 Å². The van der Waals surface area contributed by atoms with Gasteiger partial charge in [0.15, 0.2) is 11.6 Å². The Hall–Kier alpha value is -2.90. The molecule has 0 radical (unpaired) electrons. The highest BCUT2D eigenvalue weighted by Crippen LogP contribution is 2.35. The van der Waals surface area contributed by atoms with Crippen LogP contribution in [0.1, 0.15) is 0 Å². The average molecular weight is 500 g/mol. The van der Waals surface area contributed by atoms with E-state index in [-0.39, 0.29) is 0 Å². The number of para-hydroxylation sites is 2. The Morgan fingerprint density at radius 2 is 0.969 bits per heavy atom. The van der Waals surface area contributed by atoms with Gasteiger partial charge in [0.1, 0.15) is 0 Å². The third-order valence-electron chi connectivity index (χ3n) is 5.23. The van der Waals surface area contributed by atoms with Crippen molar-refractivity contribution in [2.24, 2.45) is 0 Å². The van der Waals surface area contributed by atoms with Crippen LogP contribution in [0.15, 0.2) is 60.7 Å². The van der Waals surface area contributed by atoms with Gasteiger partial charge >= 0.3 is 0 Å². The van der Waals surface area contributed by atoms with Crippen LogP contribution >= 0.6 is 46.4 Å². The number of hydrogen-bond donors (Lipinski definition) is 0. The second-order valence-corrected chi connectivity index (χ2v) is 8.79. The number of halogens is 4. The minimum absolute atomic E-state index is 0.478. The lowest BCUT2D eigenvalue weighted by Gasteiger charge is -2.10. The van der Waals surface area contributed by atoms with E-state index in [1.54, 1.807) is 24.3 Å². The van der Waals surface area contributed by atoms with E-state index < -0.39 is 0 Å². The molecule has 0 saturated carbocycles. The second kappa shape index (κ2) is 7.32. The molecule has 0 aliphatic heterocycles. The van der Waals surface area contributed by atoms with E-state index in [2.05, 4.69) is 20.4 Å². The van der Waals surface area contributed by atoms with Crippen molar-refractivity contribution in [2.45, 2.75) is 0 Å². The van der Waals surface area contributed by atoms with Gasteiger partial charge in [-0.05, 0) is 48.5 Å². The smallest absolute Gasteiger partial charge is 0.207 e. The van der Waals surface area contributed by atoms with Gasteiger partial charge in [-0.1, -0.05) is 58.5 Å². The molecule has 0 amide bonds. The van der Waals surface area contributed by atoms with E-state index in [4.69, 9.17) is 46.4 Å². The van der Waals surface area contributed by atoms with Crippen LogP contribution in [-0.2, 0) is 0 Å². The molecule has 0 atom stereocenters. The summed E-state index contributed by atoms with van der Waals surface area (Å²) in [4.78, 5) is 0. The Bertz CT molecular complexity index is 1560. The maximum atomic E-state index is 6.48. The molecule has 0 unspecified atom stereocenters. The Morgan fingerprint density at radius 3 is 1.38 bits per heavy atom. The highest BCUT2D eigenvalue weighted by atomic mass is 35.5. The molecule has 0 bridgehead atoms. The first-order chi connectivity index (χ1) is 15.5. The van der Waals surface area contributed by atoms with Gasteiger partial charge in [-0.25, -0.2) is 0 Å². The number of fused-ring (bicyclic) bond motifs is 6. The van der Waals surface area contributed by atoms with Gasteiger partial charge in [0.25, 0.3) is 0 Å². The lowest BCUT2D eigenvalue weighted by Crippen LogP contribution is -2.00. The Morgan fingerprint density at radius 1 is 0.531 bits per heavy atom. The fourth-order valence-electron chi connectivity index (χ4n) is 3.85. The van der Waals surface area contributed by atoms with E-state index in [1.165, 1.54) is 0 Å². The van der Waals surface area contributed by atoms with Crippen LogP contribution in [0.4, 0.5) is 0 Å². The molecule has 0 fully saturated rings. The topological polar surface area (TPSA) is 60.4 Å². The molecule has 156 valence electrons. The molecule has 0 aliphatic rings. The van der Waals surface area contributed by atoms with Gasteiger partial charge in [0.2, 0.25) is 11.3 Å². The Labute approximate surface area is 200 Å². The molecule has 0 saturated heterocycles. The van der Waals surface area contributed by atoms with E-state index in [0.717, 1.165) is 11.0 Å². The monoisotopic (exact) mass is 498 g/mol. The van der Waals surface area contributed by atoms with Crippen molar-refractivity contribution in [1.29, 1.82) is 0 Å². The highest BCUT2D eigenvalue weighted by molar-refractivity contribution is 6.37. The summed E-state index contributed by atoms with van der Waals surface area (Å²) in [5.41, 5.74) is 4.19. The molecule has 10 heteroatoms. The van der Waals surface area contributed by atoms with Crippen molar-refractivity contribution < 1.29 is 0 Å². The predicted octanol–water partition coefficient (Wildman–Crippen LogP) is 6.87. The molecule has 32 heavy (non-hydrogen) atoms. The lowest BCUT2D eigenvalue weighted by atomic mass is 10.2. The molecular weight excluding hydrogens is 490 g/mol.